The topological polar surface area (TPSA) is 75.0 Å². The zero-order valence-electron chi connectivity index (χ0n) is 14.9. The molecule has 5 nitrogen and oxygen atoms in total. The van der Waals surface area contributed by atoms with Crippen molar-refractivity contribution >= 4 is 21.8 Å². The second kappa shape index (κ2) is 10.0. The van der Waals surface area contributed by atoms with Gasteiger partial charge in [0.05, 0.1) is 11.8 Å². The second-order valence-electron chi connectivity index (χ2n) is 6.32. The fourth-order valence-corrected chi connectivity index (χ4v) is 2.81. The third-order valence-corrected chi connectivity index (χ3v) is 4.28. The predicted molar refractivity (Wildman–Crippen MR) is 103 cm³/mol. The largest absolute Gasteiger partial charge is 0.354 e. The Bertz CT molecular complexity index is 742. The molecule has 0 saturated heterocycles. The summed E-state index contributed by atoms with van der Waals surface area (Å²) in [6.07, 6.45) is 1.12. The Morgan fingerprint density at radius 1 is 1.27 bits per heavy atom. The van der Waals surface area contributed by atoms with E-state index in [0.717, 1.165) is 15.7 Å². The summed E-state index contributed by atoms with van der Waals surface area (Å²) in [6.45, 7) is 4.02. The Labute approximate surface area is 162 Å². The minimum absolute atomic E-state index is 0.0384. The summed E-state index contributed by atoms with van der Waals surface area (Å²) in [5.74, 6) is -0.0135. The molecule has 0 spiro atoms. The van der Waals surface area contributed by atoms with Gasteiger partial charge in [0, 0.05) is 10.7 Å². The molecule has 2 rings (SSSR count). The normalized spacial score (nSPS) is 13.0. The molecule has 0 aliphatic rings. The molecule has 2 unspecified atom stereocenters. The van der Waals surface area contributed by atoms with Crippen LogP contribution < -0.4 is 5.32 Å². The van der Waals surface area contributed by atoms with Crippen LogP contribution in [0.25, 0.3) is 0 Å². The Hall–Kier alpha value is -2.23. The number of nitrogens with one attached hydrogen (secondary N) is 1. The van der Waals surface area contributed by atoms with E-state index in [0.29, 0.717) is 6.42 Å². The fourth-order valence-electron chi connectivity index (χ4n) is 2.54. The van der Waals surface area contributed by atoms with Gasteiger partial charge in [-0.1, -0.05) is 48.0 Å². The molecule has 0 radical (unpaired) electrons. The third-order valence-electron chi connectivity index (χ3n) is 3.75. The van der Waals surface area contributed by atoms with Crippen molar-refractivity contribution in [2.75, 3.05) is 6.54 Å². The molecule has 1 N–H and O–H groups in total. The number of hydrogen-bond donors (Lipinski definition) is 1. The summed E-state index contributed by atoms with van der Waals surface area (Å²) in [5, 5.41) is 11.3. The van der Waals surface area contributed by atoms with Crippen LogP contribution in [0.3, 0.4) is 0 Å². The van der Waals surface area contributed by atoms with Gasteiger partial charge >= 0.3 is 0 Å². The Balaban J connectivity index is 2.32. The van der Waals surface area contributed by atoms with Crippen LogP contribution in [-0.2, 0) is 9.53 Å². The average Bonchev–Trinajstić information content (AvgIpc) is 2.64. The number of nitrogens with zero attached hydrogens (tertiary/aromatic N) is 2. The number of carbonyl (C=O) groups is 1. The number of ether oxygens (including phenoxy) is 1. The standard InChI is InChI=1S/C20H22BrN3O2/c1-14(2)13-18(20(25)24-12-10-22)26-19(17-5-3-4-11-23-17)15-6-8-16(21)9-7-15/h3-9,11,14,18-19H,12-13H2,1-2H3,(H,24,25). The smallest absolute Gasteiger partial charge is 0.250 e. The van der Waals surface area contributed by atoms with Crippen LogP contribution in [0.2, 0.25) is 0 Å². The van der Waals surface area contributed by atoms with Gasteiger partial charge in [0.25, 0.3) is 0 Å². The highest BCUT2D eigenvalue weighted by Gasteiger charge is 2.27. The van der Waals surface area contributed by atoms with E-state index in [1.165, 1.54) is 0 Å². The number of benzene rings is 1. The molecule has 0 aliphatic heterocycles. The SMILES string of the molecule is CC(C)CC(OC(c1ccc(Br)cc1)c1ccccn1)C(=O)NCC#N. The lowest BCUT2D eigenvalue weighted by molar-refractivity contribution is -0.136. The quantitative estimate of drug-likeness (QED) is 0.660. The predicted octanol–water partition coefficient (Wildman–Crippen LogP) is 4.00. The van der Waals surface area contributed by atoms with Gasteiger partial charge in [-0.25, -0.2) is 0 Å². The Morgan fingerprint density at radius 3 is 2.58 bits per heavy atom. The van der Waals surface area contributed by atoms with Gasteiger partial charge in [0.15, 0.2) is 0 Å². The summed E-state index contributed by atoms with van der Waals surface area (Å²) < 4.78 is 7.20. The number of halogens is 1. The molecular formula is C20H22BrN3O2. The van der Waals surface area contributed by atoms with E-state index in [-0.39, 0.29) is 18.4 Å². The molecule has 0 aliphatic carbocycles. The van der Waals surface area contributed by atoms with Crippen LogP contribution in [-0.4, -0.2) is 23.5 Å². The van der Waals surface area contributed by atoms with Crippen LogP contribution >= 0.6 is 15.9 Å². The lowest BCUT2D eigenvalue weighted by Gasteiger charge is -2.25. The van der Waals surface area contributed by atoms with Gasteiger partial charge in [-0.3, -0.25) is 9.78 Å². The molecule has 2 atom stereocenters. The van der Waals surface area contributed by atoms with Crippen molar-refractivity contribution in [3.8, 4) is 6.07 Å². The van der Waals surface area contributed by atoms with Gasteiger partial charge < -0.3 is 10.1 Å². The van der Waals surface area contributed by atoms with E-state index in [2.05, 4.69) is 26.2 Å². The molecule has 1 aromatic carbocycles. The van der Waals surface area contributed by atoms with Crippen molar-refractivity contribution in [1.82, 2.24) is 10.3 Å². The van der Waals surface area contributed by atoms with Crippen molar-refractivity contribution in [3.05, 3.63) is 64.4 Å². The van der Waals surface area contributed by atoms with Gasteiger partial charge in [0.1, 0.15) is 18.8 Å². The maximum Gasteiger partial charge on any atom is 0.250 e. The summed E-state index contributed by atoms with van der Waals surface area (Å²) in [5.41, 5.74) is 1.64. The molecule has 6 heteroatoms. The first-order valence-electron chi connectivity index (χ1n) is 8.47. The molecule has 26 heavy (non-hydrogen) atoms. The van der Waals surface area contributed by atoms with Crippen molar-refractivity contribution in [1.29, 1.82) is 5.26 Å². The van der Waals surface area contributed by atoms with E-state index in [1.54, 1.807) is 6.20 Å². The van der Waals surface area contributed by atoms with Crippen LogP contribution in [0.5, 0.6) is 0 Å². The molecule has 0 saturated carbocycles. The van der Waals surface area contributed by atoms with Gasteiger partial charge in [-0.05, 0) is 42.2 Å². The first-order chi connectivity index (χ1) is 12.5. The maximum atomic E-state index is 12.5. The van der Waals surface area contributed by atoms with E-state index in [4.69, 9.17) is 10.00 Å². The number of amides is 1. The van der Waals surface area contributed by atoms with Gasteiger partial charge in [-0.15, -0.1) is 0 Å². The van der Waals surface area contributed by atoms with E-state index < -0.39 is 12.2 Å². The molecule has 136 valence electrons. The minimum atomic E-state index is -0.668. The van der Waals surface area contributed by atoms with Crippen LogP contribution in [0.1, 0.15) is 37.6 Å². The van der Waals surface area contributed by atoms with E-state index >= 15 is 0 Å². The summed E-state index contributed by atoms with van der Waals surface area (Å²) in [6, 6.07) is 15.3. The molecule has 1 aromatic heterocycles. The number of nitriles is 1. The molecule has 1 amide bonds. The number of hydrogen-bond acceptors (Lipinski definition) is 4. The number of rotatable bonds is 8. The average molecular weight is 416 g/mol. The number of aromatic nitrogens is 1. The summed E-state index contributed by atoms with van der Waals surface area (Å²) in [7, 11) is 0. The lowest BCUT2D eigenvalue weighted by Crippen LogP contribution is -2.38. The zero-order valence-corrected chi connectivity index (χ0v) is 16.4. The highest BCUT2D eigenvalue weighted by molar-refractivity contribution is 9.10. The molecule has 0 fully saturated rings. The highest BCUT2D eigenvalue weighted by atomic mass is 79.9. The highest BCUT2D eigenvalue weighted by Crippen LogP contribution is 2.28. The second-order valence-corrected chi connectivity index (χ2v) is 7.23. The third kappa shape index (κ3) is 5.94. The van der Waals surface area contributed by atoms with Crippen molar-refractivity contribution < 1.29 is 9.53 Å². The first kappa shape index (κ1) is 20.1. The van der Waals surface area contributed by atoms with E-state index in [9.17, 15) is 4.79 Å². The minimum Gasteiger partial charge on any atom is -0.354 e. The van der Waals surface area contributed by atoms with Crippen LogP contribution in [0.15, 0.2) is 53.1 Å². The maximum absolute atomic E-state index is 12.5. The Kier molecular flexibility index (Phi) is 7.76. The number of carbonyl (C=O) groups excluding carboxylic acids is 1. The van der Waals surface area contributed by atoms with E-state index in [1.807, 2.05) is 62.4 Å². The summed E-state index contributed by atoms with van der Waals surface area (Å²) in [4.78, 5) is 16.9. The lowest BCUT2D eigenvalue weighted by atomic mass is 10.0. The fraction of sp³-hybridized carbons (Fsp3) is 0.350. The van der Waals surface area contributed by atoms with Crippen molar-refractivity contribution in [3.63, 3.8) is 0 Å². The van der Waals surface area contributed by atoms with Crippen LogP contribution in [0.4, 0.5) is 0 Å². The monoisotopic (exact) mass is 415 g/mol. The number of pyridine rings is 1. The summed E-state index contributed by atoms with van der Waals surface area (Å²) >= 11 is 3.43. The van der Waals surface area contributed by atoms with Gasteiger partial charge in [0.2, 0.25) is 5.91 Å². The molecule has 1 heterocycles. The molecule has 2 aromatic rings. The van der Waals surface area contributed by atoms with Crippen molar-refractivity contribution in [2.45, 2.75) is 32.5 Å². The molecule has 0 bridgehead atoms. The van der Waals surface area contributed by atoms with Crippen molar-refractivity contribution in [2.24, 2.45) is 5.92 Å². The Morgan fingerprint density at radius 2 is 2.00 bits per heavy atom. The first-order valence-corrected chi connectivity index (χ1v) is 9.27. The van der Waals surface area contributed by atoms with Gasteiger partial charge in [-0.2, -0.15) is 5.26 Å². The van der Waals surface area contributed by atoms with Crippen LogP contribution in [0, 0.1) is 17.2 Å². The molecular weight excluding hydrogens is 394 g/mol. The zero-order chi connectivity index (χ0) is 18.9.